The van der Waals surface area contributed by atoms with Crippen molar-refractivity contribution in [3.63, 3.8) is 0 Å². The normalized spacial score (nSPS) is 21.7. The standard InChI is InChI=1S/C9H13N3O/c10-9-2-1-7(5-11-9)12-8-3-4-13-6-8/h1-2,5,8,12H,3-4,6H2,(H2,10,11). The average molecular weight is 179 g/mol. The lowest BCUT2D eigenvalue weighted by molar-refractivity contribution is 0.195. The highest BCUT2D eigenvalue weighted by atomic mass is 16.5. The van der Waals surface area contributed by atoms with Gasteiger partial charge in [-0.3, -0.25) is 0 Å². The molecule has 13 heavy (non-hydrogen) atoms. The topological polar surface area (TPSA) is 60.2 Å². The fourth-order valence-electron chi connectivity index (χ4n) is 1.37. The Morgan fingerprint density at radius 1 is 1.54 bits per heavy atom. The minimum atomic E-state index is 0.422. The van der Waals surface area contributed by atoms with Gasteiger partial charge in [0.05, 0.1) is 24.5 Å². The maximum absolute atomic E-state index is 5.47. The Balaban J connectivity index is 1.97. The maximum Gasteiger partial charge on any atom is 0.123 e. The Hall–Kier alpha value is -1.29. The number of nitrogens with zero attached hydrogens (tertiary/aromatic N) is 1. The third kappa shape index (κ3) is 2.09. The second kappa shape index (κ2) is 3.62. The Morgan fingerprint density at radius 2 is 2.46 bits per heavy atom. The van der Waals surface area contributed by atoms with Crippen LogP contribution in [0.1, 0.15) is 6.42 Å². The highest BCUT2D eigenvalue weighted by Crippen LogP contribution is 2.13. The van der Waals surface area contributed by atoms with Crippen molar-refractivity contribution in [1.82, 2.24) is 4.98 Å². The predicted octanol–water partition coefficient (Wildman–Crippen LogP) is 0.865. The Labute approximate surface area is 77.1 Å². The van der Waals surface area contributed by atoms with Gasteiger partial charge in [-0.1, -0.05) is 0 Å². The summed E-state index contributed by atoms with van der Waals surface area (Å²) in [6.07, 6.45) is 2.80. The van der Waals surface area contributed by atoms with Crippen LogP contribution in [0.3, 0.4) is 0 Å². The number of nitrogen functional groups attached to an aromatic ring is 1. The lowest BCUT2D eigenvalue weighted by atomic mass is 10.2. The van der Waals surface area contributed by atoms with Crippen LogP contribution in [0.15, 0.2) is 18.3 Å². The van der Waals surface area contributed by atoms with E-state index in [4.69, 9.17) is 10.5 Å². The zero-order chi connectivity index (χ0) is 9.10. The van der Waals surface area contributed by atoms with Gasteiger partial charge in [-0.2, -0.15) is 0 Å². The molecule has 1 saturated heterocycles. The van der Waals surface area contributed by atoms with Crippen LogP contribution in [-0.4, -0.2) is 24.2 Å². The molecule has 1 aliphatic heterocycles. The largest absolute Gasteiger partial charge is 0.384 e. The number of aromatic nitrogens is 1. The van der Waals surface area contributed by atoms with Crippen LogP contribution in [0, 0.1) is 0 Å². The summed E-state index contributed by atoms with van der Waals surface area (Å²) in [6.45, 7) is 1.63. The van der Waals surface area contributed by atoms with Crippen molar-refractivity contribution in [3.8, 4) is 0 Å². The van der Waals surface area contributed by atoms with E-state index in [0.717, 1.165) is 25.3 Å². The number of ether oxygens (including phenoxy) is 1. The van der Waals surface area contributed by atoms with Crippen LogP contribution in [0.25, 0.3) is 0 Å². The molecule has 1 unspecified atom stereocenters. The van der Waals surface area contributed by atoms with Gasteiger partial charge in [0.15, 0.2) is 0 Å². The van der Waals surface area contributed by atoms with Gasteiger partial charge in [0.25, 0.3) is 0 Å². The molecular weight excluding hydrogens is 166 g/mol. The van der Waals surface area contributed by atoms with Gasteiger partial charge in [0.2, 0.25) is 0 Å². The van der Waals surface area contributed by atoms with E-state index in [9.17, 15) is 0 Å². The van der Waals surface area contributed by atoms with Crippen LogP contribution in [0.5, 0.6) is 0 Å². The molecule has 0 bridgehead atoms. The number of hydrogen-bond donors (Lipinski definition) is 2. The van der Waals surface area contributed by atoms with Crippen LogP contribution < -0.4 is 11.1 Å². The molecule has 4 nitrogen and oxygen atoms in total. The fourth-order valence-corrected chi connectivity index (χ4v) is 1.37. The molecule has 0 amide bonds. The molecule has 0 aromatic carbocycles. The smallest absolute Gasteiger partial charge is 0.123 e. The second-order valence-electron chi connectivity index (χ2n) is 3.18. The Bertz CT molecular complexity index is 267. The minimum absolute atomic E-state index is 0.422. The maximum atomic E-state index is 5.47. The molecule has 0 radical (unpaired) electrons. The molecule has 1 fully saturated rings. The van der Waals surface area contributed by atoms with Crippen molar-refractivity contribution < 1.29 is 4.74 Å². The molecule has 0 aliphatic carbocycles. The highest BCUT2D eigenvalue weighted by molar-refractivity contribution is 5.46. The summed E-state index contributed by atoms with van der Waals surface area (Å²) in [5, 5.41) is 3.32. The number of pyridine rings is 1. The van der Waals surface area contributed by atoms with Gasteiger partial charge in [-0.05, 0) is 18.6 Å². The van der Waals surface area contributed by atoms with Crippen LogP contribution in [-0.2, 0) is 4.74 Å². The molecule has 1 aromatic heterocycles. The monoisotopic (exact) mass is 179 g/mol. The van der Waals surface area contributed by atoms with E-state index in [1.54, 1.807) is 12.3 Å². The molecule has 1 aromatic rings. The predicted molar refractivity (Wildman–Crippen MR) is 51.5 cm³/mol. The molecule has 1 atom stereocenters. The summed E-state index contributed by atoms with van der Waals surface area (Å²) in [7, 11) is 0. The lowest BCUT2D eigenvalue weighted by Gasteiger charge is -2.11. The van der Waals surface area contributed by atoms with E-state index in [2.05, 4.69) is 10.3 Å². The minimum Gasteiger partial charge on any atom is -0.384 e. The third-order valence-electron chi connectivity index (χ3n) is 2.09. The first-order valence-electron chi connectivity index (χ1n) is 4.40. The summed E-state index contributed by atoms with van der Waals surface area (Å²) in [6, 6.07) is 4.14. The number of nitrogens with one attached hydrogen (secondary N) is 1. The fraction of sp³-hybridized carbons (Fsp3) is 0.444. The number of anilines is 2. The first-order valence-corrected chi connectivity index (χ1v) is 4.40. The third-order valence-corrected chi connectivity index (χ3v) is 2.09. The summed E-state index contributed by atoms with van der Waals surface area (Å²) >= 11 is 0. The van der Waals surface area contributed by atoms with Crippen molar-refractivity contribution in [2.45, 2.75) is 12.5 Å². The van der Waals surface area contributed by atoms with E-state index < -0.39 is 0 Å². The summed E-state index contributed by atoms with van der Waals surface area (Å²) < 4.78 is 5.25. The van der Waals surface area contributed by atoms with Gasteiger partial charge in [0.1, 0.15) is 5.82 Å². The number of nitrogens with two attached hydrogens (primary N) is 1. The van der Waals surface area contributed by atoms with Gasteiger partial charge in [-0.15, -0.1) is 0 Å². The molecule has 1 aliphatic rings. The number of rotatable bonds is 2. The van der Waals surface area contributed by atoms with Crippen molar-refractivity contribution in [2.24, 2.45) is 0 Å². The van der Waals surface area contributed by atoms with Crippen molar-refractivity contribution in [2.75, 3.05) is 24.3 Å². The van der Waals surface area contributed by atoms with Gasteiger partial charge < -0.3 is 15.8 Å². The Kier molecular flexibility index (Phi) is 2.31. The number of hydrogen-bond acceptors (Lipinski definition) is 4. The van der Waals surface area contributed by atoms with E-state index in [1.165, 1.54) is 0 Å². The van der Waals surface area contributed by atoms with Gasteiger partial charge in [0, 0.05) is 6.61 Å². The second-order valence-corrected chi connectivity index (χ2v) is 3.18. The quantitative estimate of drug-likeness (QED) is 0.707. The lowest BCUT2D eigenvalue weighted by Crippen LogP contribution is -2.18. The SMILES string of the molecule is Nc1ccc(NC2CCOC2)cn1. The molecule has 0 saturated carbocycles. The van der Waals surface area contributed by atoms with Crippen molar-refractivity contribution in [3.05, 3.63) is 18.3 Å². The van der Waals surface area contributed by atoms with E-state index >= 15 is 0 Å². The molecule has 2 heterocycles. The summed E-state index contributed by atoms with van der Waals surface area (Å²) in [5.41, 5.74) is 6.48. The average Bonchev–Trinajstić information content (AvgIpc) is 2.62. The van der Waals surface area contributed by atoms with Gasteiger partial charge >= 0.3 is 0 Å². The molecule has 4 heteroatoms. The highest BCUT2D eigenvalue weighted by Gasteiger charge is 2.14. The molecular formula is C9H13N3O. The summed E-state index contributed by atoms with van der Waals surface area (Å²) in [4.78, 5) is 4.00. The Morgan fingerprint density at radius 3 is 3.08 bits per heavy atom. The van der Waals surface area contributed by atoms with Crippen LogP contribution in [0.4, 0.5) is 11.5 Å². The van der Waals surface area contributed by atoms with Crippen LogP contribution >= 0.6 is 0 Å². The summed E-state index contributed by atoms with van der Waals surface area (Å²) in [5.74, 6) is 0.549. The van der Waals surface area contributed by atoms with Crippen LogP contribution in [0.2, 0.25) is 0 Å². The molecule has 3 N–H and O–H groups in total. The van der Waals surface area contributed by atoms with E-state index in [-0.39, 0.29) is 0 Å². The first-order chi connectivity index (χ1) is 6.34. The molecule has 0 spiro atoms. The zero-order valence-corrected chi connectivity index (χ0v) is 7.36. The van der Waals surface area contributed by atoms with Crippen molar-refractivity contribution in [1.29, 1.82) is 0 Å². The van der Waals surface area contributed by atoms with Gasteiger partial charge in [-0.25, -0.2) is 4.98 Å². The zero-order valence-electron chi connectivity index (χ0n) is 7.36. The van der Waals surface area contributed by atoms with Crippen molar-refractivity contribution >= 4 is 11.5 Å². The molecule has 2 rings (SSSR count). The molecule has 70 valence electrons. The first kappa shape index (κ1) is 8.31. The van der Waals surface area contributed by atoms with E-state index in [0.29, 0.717) is 11.9 Å². The van der Waals surface area contributed by atoms with E-state index in [1.807, 2.05) is 6.07 Å².